The van der Waals surface area contributed by atoms with Crippen LogP contribution in [0.3, 0.4) is 0 Å². The second-order valence-corrected chi connectivity index (χ2v) is 7.87. The van der Waals surface area contributed by atoms with Crippen LogP contribution in [-0.2, 0) is 6.54 Å². The second kappa shape index (κ2) is 7.77. The van der Waals surface area contributed by atoms with Gasteiger partial charge in [0.15, 0.2) is 0 Å². The molecule has 0 fully saturated rings. The molecule has 1 aromatic heterocycles. The fraction of sp³-hybridized carbons (Fsp3) is 0.107. The third-order valence-corrected chi connectivity index (χ3v) is 6.05. The molecular formula is C28H25N3. The highest BCUT2D eigenvalue weighted by Crippen LogP contribution is 2.38. The first-order valence-electron chi connectivity index (χ1n) is 10.5. The van der Waals surface area contributed by atoms with E-state index >= 15 is 0 Å². The summed E-state index contributed by atoms with van der Waals surface area (Å²) in [6.07, 6.45) is 0. The van der Waals surface area contributed by atoms with Crippen molar-refractivity contribution in [3.63, 3.8) is 0 Å². The zero-order valence-corrected chi connectivity index (χ0v) is 17.9. The smallest absolute Gasteiger partial charge is 0.0632 e. The Morgan fingerprint density at radius 2 is 1.61 bits per heavy atom. The molecule has 0 saturated heterocycles. The van der Waals surface area contributed by atoms with Gasteiger partial charge in [0.2, 0.25) is 0 Å². The Bertz CT molecular complexity index is 1390. The Hall–Kier alpha value is -3.85. The zero-order chi connectivity index (χ0) is 21.4. The Morgan fingerprint density at radius 1 is 0.839 bits per heavy atom. The van der Waals surface area contributed by atoms with E-state index < -0.39 is 0 Å². The van der Waals surface area contributed by atoms with Crippen molar-refractivity contribution < 1.29 is 0 Å². The van der Waals surface area contributed by atoms with Gasteiger partial charge in [-0.3, -0.25) is 4.99 Å². The number of benzene rings is 4. The van der Waals surface area contributed by atoms with E-state index in [-0.39, 0.29) is 0 Å². The van der Waals surface area contributed by atoms with E-state index in [1.54, 1.807) is 0 Å². The SMILES string of the molecule is C=NCc1ccc(-n2c3ccc(-c4ccccc4)cc3c3ccc(NC)c(C)c32)cc1. The molecule has 0 bridgehead atoms. The molecule has 1 heterocycles. The summed E-state index contributed by atoms with van der Waals surface area (Å²) >= 11 is 0. The number of anilines is 1. The normalized spacial score (nSPS) is 11.2. The van der Waals surface area contributed by atoms with Gasteiger partial charge in [0.25, 0.3) is 0 Å². The number of nitrogens with one attached hydrogen (secondary N) is 1. The fourth-order valence-corrected chi connectivity index (χ4v) is 4.50. The van der Waals surface area contributed by atoms with Crippen LogP contribution in [0.15, 0.2) is 89.9 Å². The number of rotatable bonds is 5. The molecule has 152 valence electrons. The molecule has 5 aromatic rings. The van der Waals surface area contributed by atoms with E-state index in [1.165, 1.54) is 44.1 Å². The lowest BCUT2D eigenvalue weighted by atomic mass is 10.0. The van der Waals surface area contributed by atoms with E-state index in [0.29, 0.717) is 6.54 Å². The van der Waals surface area contributed by atoms with Crippen LogP contribution in [0.4, 0.5) is 5.69 Å². The Labute approximate surface area is 182 Å². The molecule has 0 spiro atoms. The van der Waals surface area contributed by atoms with Crippen molar-refractivity contribution >= 4 is 34.2 Å². The highest BCUT2D eigenvalue weighted by atomic mass is 15.0. The predicted molar refractivity (Wildman–Crippen MR) is 134 cm³/mol. The highest BCUT2D eigenvalue weighted by molar-refractivity contribution is 6.12. The van der Waals surface area contributed by atoms with E-state index in [0.717, 1.165) is 11.4 Å². The third-order valence-electron chi connectivity index (χ3n) is 6.05. The van der Waals surface area contributed by atoms with Crippen LogP contribution in [0.2, 0.25) is 0 Å². The summed E-state index contributed by atoms with van der Waals surface area (Å²) in [5.41, 5.74) is 9.61. The lowest BCUT2D eigenvalue weighted by molar-refractivity contribution is 1.07. The summed E-state index contributed by atoms with van der Waals surface area (Å²) in [5.74, 6) is 0. The minimum Gasteiger partial charge on any atom is -0.388 e. The summed E-state index contributed by atoms with van der Waals surface area (Å²) < 4.78 is 2.38. The first-order valence-corrected chi connectivity index (χ1v) is 10.5. The second-order valence-electron chi connectivity index (χ2n) is 7.87. The molecule has 0 atom stereocenters. The number of hydrogen-bond acceptors (Lipinski definition) is 2. The Balaban J connectivity index is 1.82. The molecule has 5 rings (SSSR count). The maximum absolute atomic E-state index is 4.01. The first-order chi connectivity index (χ1) is 15.2. The van der Waals surface area contributed by atoms with Gasteiger partial charge in [0.1, 0.15) is 0 Å². The Morgan fingerprint density at radius 3 is 2.32 bits per heavy atom. The molecule has 1 N–H and O–H groups in total. The van der Waals surface area contributed by atoms with Gasteiger partial charge < -0.3 is 9.88 Å². The number of aromatic nitrogens is 1. The van der Waals surface area contributed by atoms with Gasteiger partial charge in [-0.25, -0.2) is 0 Å². The highest BCUT2D eigenvalue weighted by Gasteiger charge is 2.16. The van der Waals surface area contributed by atoms with Gasteiger partial charge in [0, 0.05) is 29.2 Å². The molecule has 0 aliphatic heterocycles. The third kappa shape index (κ3) is 3.19. The van der Waals surface area contributed by atoms with Gasteiger partial charge in [0.05, 0.1) is 17.6 Å². The van der Waals surface area contributed by atoms with Crippen LogP contribution in [-0.4, -0.2) is 18.3 Å². The number of aliphatic imine (C=N–C) groups is 1. The molecule has 0 amide bonds. The van der Waals surface area contributed by atoms with Gasteiger partial charge in [-0.05, 0) is 66.2 Å². The van der Waals surface area contributed by atoms with E-state index in [1.807, 2.05) is 7.05 Å². The number of nitrogens with zero attached hydrogens (tertiary/aromatic N) is 2. The van der Waals surface area contributed by atoms with Crippen molar-refractivity contribution in [2.24, 2.45) is 4.99 Å². The molecule has 0 aliphatic carbocycles. The van der Waals surface area contributed by atoms with Crippen molar-refractivity contribution in [3.05, 3.63) is 96.1 Å². The number of aryl methyl sites for hydroxylation is 1. The van der Waals surface area contributed by atoms with Crippen LogP contribution in [0.25, 0.3) is 38.6 Å². The molecule has 0 unspecified atom stereocenters. The quantitative estimate of drug-likeness (QED) is 0.314. The van der Waals surface area contributed by atoms with Gasteiger partial charge in [-0.15, -0.1) is 0 Å². The monoisotopic (exact) mass is 403 g/mol. The molecule has 3 heteroatoms. The summed E-state index contributed by atoms with van der Waals surface area (Å²) in [6, 6.07) is 30.4. The van der Waals surface area contributed by atoms with Crippen LogP contribution in [0.1, 0.15) is 11.1 Å². The van der Waals surface area contributed by atoms with E-state index in [9.17, 15) is 0 Å². The molecule has 0 aliphatic rings. The summed E-state index contributed by atoms with van der Waals surface area (Å²) in [4.78, 5) is 4.01. The summed E-state index contributed by atoms with van der Waals surface area (Å²) in [7, 11) is 1.98. The van der Waals surface area contributed by atoms with E-state index in [4.69, 9.17) is 0 Å². The molecule has 31 heavy (non-hydrogen) atoms. The Kier molecular flexibility index (Phi) is 4.79. The van der Waals surface area contributed by atoms with Gasteiger partial charge >= 0.3 is 0 Å². The van der Waals surface area contributed by atoms with Crippen molar-refractivity contribution in [3.8, 4) is 16.8 Å². The molecule has 3 nitrogen and oxygen atoms in total. The number of hydrogen-bond donors (Lipinski definition) is 1. The minimum atomic E-state index is 0.636. The molecule has 0 saturated carbocycles. The fourth-order valence-electron chi connectivity index (χ4n) is 4.50. The lowest BCUT2D eigenvalue weighted by Gasteiger charge is -2.12. The average Bonchev–Trinajstić information content (AvgIpc) is 3.15. The van der Waals surface area contributed by atoms with Crippen LogP contribution < -0.4 is 5.32 Å². The summed E-state index contributed by atoms with van der Waals surface area (Å²) in [5, 5.41) is 5.87. The number of fused-ring (bicyclic) bond motifs is 3. The van der Waals surface area contributed by atoms with Crippen LogP contribution >= 0.6 is 0 Å². The first kappa shape index (κ1) is 19.1. The molecule has 4 aromatic carbocycles. The van der Waals surface area contributed by atoms with E-state index in [2.05, 4.69) is 113 Å². The van der Waals surface area contributed by atoms with Crippen molar-refractivity contribution in [1.82, 2.24) is 4.57 Å². The predicted octanol–water partition coefficient (Wildman–Crippen LogP) is 7.00. The zero-order valence-electron chi connectivity index (χ0n) is 17.9. The maximum Gasteiger partial charge on any atom is 0.0632 e. The standard InChI is InChI=1S/C28H25N3/c1-19-26(30-3)15-14-24-25-17-22(21-7-5-4-6-8-21)11-16-27(25)31(28(19)24)23-12-9-20(10-13-23)18-29-2/h4-17,30H,2,18H2,1,3H3. The topological polar surface area (TPSA) is 29.3 Å². The molecule has 0 radical (unpaired) electrons. The van der Waals surface area contributed by atoms with Crippen molar-refractivity contribution in [2.75, 3.05) is 12.4 Å². The van der Waals surface area contributed by atoms with Gasteiger partial charge in [-0.2, -0.15) is 0 Å². The largest absolute Gasteiger partial charge is 0.388 e. The van der Waals surface area contributed by atoms with Gasteiger partial charge in [-0.1, -0.05) is 54.6 Å². The lowest BCUT2D eigenvalue weighted by Crippen LogP contribution is -1.98. The van der Waals surface area contributed by atoms with Crippen LogP contribution in [0.5, 0.6) is 0 Å². The minimum absolute atomic E-state index is 0.636. The van der Waals surface area contributed by atoms with Crippen LogP contribution in [0, 0.1) is 6.92 Å². The average molecular weight is 404 g/mol. The summed E-state index contributed by atoms with van der Waals surface area (Å²) in [6.45, 7) is 6.44. The van der Waals surface area contributed by atoms with Crippen molar-refractivity contribution in [2.45, 2.75) is 13.5 Å². The van der Waals surface area contributed by atoms with Crippen molar-refractivity contribution in [1.29, 1.82) is 0 Å². The maximum atomic E-state index is 4.01. The molecular weight excluding hydrogens is 378 g/mol.